The first-order chi connectivity index (χ1) is 10.2. The van der Waals surface area contributed by atoms with Crippen LogP contribution in [0.4, 0.5) is 8.78 Å². The number of hydrogen-bond acceptors (Lipinski definition) is 2. The fourth-order valence-electron chi connectivity index (χ4n) is 3.07. The molecular formula is C17H21ClF2N2. The van der Waals surface area contributed by atoms with Crippen molar-refractivity contribution in [1.82, 2.24) is 10.2 Å². The zero-order chi connectivity index (χ0) is 14.7. The van der Waals surface area contributed by atoms with E-state index < -0.39 is 6.43 Å². The topological polar surface area (TPSA) is 15.3 Å². The van der Waals surface area contributed by atoms with E-state index in [1.165, 1.54) is 0 Å². The zero-order valence-electron chi connectivity index (χ0n) is 12.3. The molecule has 0 radical (unpaired) electrons. The maximum absolute atomic E-state index is 13.0. The molecule has 2 aromatic carbocycles. The average molecular weight is 327 g/mol. The molecule has 22 heavy (non-hydrogen) atoms. The molecule has 1 saturated heterocycles. The van der Waals surface area contributed by atoms with Crippen LogP contribution in [0.2, 0.25) is 0 Å². The van der Waals surface area contributed by atoms with Crippen LogP contribution in [0, 0.1) is 0 Å². The van der Waals surface area contributed by atoms with Crippen LogP contribution in [0.1, 0.15) is 18.0 Å². The van der Waals surface area contributed by atoms with Crippen molar-refractivity contribution in [2.45, 2.75) is 18.9 Å². The molecule has 0 unspecified atom stereocenters. The Morgan fingerprint density at radius 3 is 2.36 bits per heavy atom. The molecule has 1 aliphatic rings. The van der Waals surface area contributed by atoms with Crippen LogP contribution < -0.4 is 5.32 Å². The van der Waals surface area contributed by atoms with Crippen LogP contribution in [-0.2, 0) is 0 Å². The molecule has 0 spiro atoms. The van der Waals surface area contributed by atoms with E-state index in [9.17, 15) is 8.78 Å². The van der Waals surface area contributed by atoms with Crippen LogP contribution in [0.15, 0.2) is 42.5 Å². The number of nitrogens with one attached hydrogen (secondary N) is 1. The summed E-state index contributed by atoms with van der Waals surface area (Å²) in [6.07, 6.45) is -2.38. The maximum atomic E-state index is 13.0. The van der Waals surface area contributed by atoms with Crippen molar-refractivity contribution >= 4 is 23.2 Å². The van der Waals surface area contributed by atoms with Gasteiger partial charge in [-0.25, -0.2) is 8.78 Å². The summed E-state index contributed by atoms with van der Waals surface area (Å²) in [5.41, 5.74) is 0.996. The molecule has 2 nitrogen and oxygen atoms in total. The third-order valence-corrected chi connectivity index (χ3v) is 4.15. The van der Waals surface area contributed by atoms with Gasteiger partial charge < -0.3 is 5.32 Å². The molecule has 1 heterocycles. The van der Waals surface area contributed by atoms with Crippen LogP contribution in [0.5, 0.6) is 0 Å². The predicted molar refractivity (Wildman–Crippen MR) is 89.0 cm³/mol. The van der Waals surface area contributed by atoms with E-state index in [-0.39, 0.29) is 24.9 Å². The standard InChI is InChI=1S/C17H20F2N2.ClH/c18-17(19)12-16(21-9-7-20-8-10-21)15-6-5-13-3-1-2-4-14(13)11-15;/h1-6,11,16-17,20H,7-10,12H2;1H/t16-;/m1./s1. The first-order valence-corrected chi connectivity index (χ1v) is 7.45. The van der Waals surface area contributed by atoms with Crippen molar-refractivity contribution in [3.05, 3.63) is 48.0 Å². The van der Waals surface area contributed by atoms with E-state index >= 15 is 0 Å². The zero-order valence-corrected chi connectivity index (χ0v) is 13.2. The van der Waals surface area contributed by atoms with Gasteiger partial charge in [-0.2, -0.15) is 0 Å². The van der Waals surface area contributed by atoms with Gasteiger partial charge in [-0.3, -0.25) is 4.90 Å². The third kappa shape index (κ3) is 3.94. The highest BCUT2D eigenvalue weighted by atomic mass is 35.5. The van der Waals surface area contributed by atoms with Crippen LogP contribution >= 0.6 is 12.4 Å². The summed E-state index contributed by atoms with van der Waals surface area (Å²) in [6, 6.07) is 14.0. The van der Waals surface area contributed by atoms with Crippen molar-refractivity contribution in [3.8, 4) is 0 Å². The number of halogens is 3. The second kappa shape index (κ2) is 7.86. The minimum Gasteiger partial charge on any atom is -0.314 e. The summed E-state index contributed by atoms with van der Waals surface area (Å²) in [5, 5.41) is 5.54. The molecule has 0 saturated carbocycles. The quantitative estimate of drug-likeness (QED) is 0.917. The molecule has 0 bridgehead atoms. The number of fused-ring (bicyclic) bond motifs is 1. The van der Waals surface area contributed by atoms with Crippen LogP contribution in [0.25, 0.3) is 10.8 Å². The summed E-state index contributed by atoms with van der Waals surface area (Å²) in [6.45, 7) is 3.38. The van der Waals surface area contributed by atoms with Gasteiger partial charge in [-0.05, 0) is 22.4 Å². The third-order valence-electron chi connectivity index (χ3n) is 4.15. The van der Waals surface area contributed by atoms with Crippen molar-refractivity contribution in [3.63, 3.8) is 0 Å². The van der Waals surface area contributed by atoms with Crippen molar-refractivity contribution in [2.75, 3.05) is 26.2 Å². The molecule has 3 rings (SSSR count). The lowest BCUT2D eigenvalue weighted by molar-refractivity contribution is 0.0740. The highest BCUT2D eigenvalue weighted by Crippen LogP contribution is 2.29. The molecule has 0 aromatic heterocycles. The summed E-state index contributed by atoms with van der Waals surface area (Å²) >= 11 is 0. The molecule has 0 amide bonds. The first-order valence-electron chi connectivity index (χ1n) is 7.45. The van der Waals surface area contributed by atoms with Gasteiger partial charge in [0.15, 0.2) is 0 Å². The Labute approximate surface area is 135 Å². The molecule has 1 atom stereocenters. The molecule has 1 fully saturated rings. The number of benzene rings is 2. The molecule has 1 aliphatic heterocycles. The summed E-state index contributed by atoms with van der Waals surface area (Å²) in [5.74, 6) is 0. The highest BCUT2D eigenvalue weighted by molar-refractivity contribution is 5.85. The predicted octanol–water partition coefficient (Wildman–Crippen LogP) is 3.86. The lowest BCUT2D eigenvalue weighted by Crippen LogP contribution is -2.45. The fourth-order valence-corrected chi connectivity index (χ4v) is 3.07. The maximum Gasteiger partial charge on any atom is 0.240 e. The Bertz CT molecular complexity index is 600. The fraction of sp³-hybridized carbons (Fsp3) is 0.412. The second-order valence-corrected chi connectivity index (χ2v) is 5.54. The average Bonchev–Trinajstić information content (AvgIpc) is 2.53. The van der Waals surface area contributed by atoms with E-state index in [4.69, 9.17) is 0 Å². The van der Waals surface area contributed by atoms with Gasteiger partial charge in [0.2, 0.25) is 6.43 Å². The number of hydrogen-bond donors (Lipinski definition) is 1. The lowest BCUT2D eigenvalue weighted by Gasteiger charge is -2.35. The number of alkyl halides is 2. The van der Waals surface area contributed by atoms with Gasteiger partial charge in [0.25, 0.3) is 0 Å². The molecule has 0 aliphatic carbocycles. The van der Waals surface area contributed by atoms with Crippen molar-refractivity contribution in [1.29, 1.82) is 0 Å². The highest BCUT2D eigenvalue weighted by Gasteiger charge is 2.25. The monoisotopic (exact) mass is 326 g/mol. The minimum atomic E-state index is -2.28. The summed E-state index contributed by atoms with van der Waals surface area (Å²) < 4.78 is 26.0. The van der Waals surface area contributed by atoms with E-state index in [0.29, 0.717) is 0 Å². The Kier molecular flexibility index (Phi) is 6.12. The number of nitrogens with zero attached hydrogens (tertiary/aromatic N) is 1. The van der Waals surface area contributed by atoms with Gasteiger partial charge in [0.1, 0.15) is 0 Å². The minimum absolute atomic E-state index is 0. The number of rotatable bonds is 4. The molecule has 120 valence electrons. The van der Waals surface area contributed by atoms with Crippen molar-refractivity contribution in [2.24, 2.45) is 0 Å². The SMILES string of the molecule is Cl.FC(F)C[C@H](c1ccc2ccccc2c1)N1CCNCC1. The molecule has 1 N–H and O–H groups in total. The molecule has 5 heteroatoms. The van der Waals surface area contributed by atoms with E-state index in [2.05, 4.69) is 16.3 Å². The normalized spacial score (nSPS) is 17.4. The van der Waals surface area contributed by atoms with Gasteiger partial charge >= 0.3 is 0 Å². The second-order valence-electron chi connectivity index (χ2n) is 5.54. The molecular weight excluding hydrogens is 306 g/mol. The Balaban J connectivity index is 0.00000176. The van der Waals surface area contributed by atoms with Gasteiger partial charge in [-0.1, -0.05) is 36.4 Å². The van der Waals surface area contributed by atoms with Crippen molar-refractivity contribution < 1.29 is 8.78 Å². The van der Waals surface area contributed by atoms with Gasteiger partial charge in [-0.15, -0.1) is 12.4 Å². The Morgan fingerprint density at radius 1 is 1.00 bits per heavy atom. The number of piperazine rings is 1. The van der Waals surface area contributed by atoms with E-state index in [1.54, 1.807) is 0 Å². The summed E-state index contributed by atoms with van der Waals surface area (Å²) in [7, 11) is 0. The van der Waals surface area contributed by atoms with Gasteiger partial charge in [0, 0.05) is 38.6 Å². The lowest BCUT2D eigenvalue weighted by atomic mass is 9.98. The van der Waals surface area contributed by atoms with E-state index in [1.807, 2.05) is 36.4 Å². The smallest absolute Gasteiger partial charge is 0.240 e. The molecule has 2 aromatic rings. The largest absolute Gasteiger partial charge is 0.314 e. The Morgan fingerprint density at radius 2 is 1.68 bits per heavy atom. The first kappa shape index (κ1) is 17.1. The van der Waals surface area contributed by atoms with Crippen LogP contribution in [-0.4, -0.2) is 37.5 Å². The van der Waals surface area contributed by atoms with Crippen LogP contribution in [0.3, 0.4) is 0 Å². The summed E-state index contributed by atoms with van der Waals surface area (Å²) in [4.78, 5) is 2.17. The van der Waals surface area contributed by atoms with E-state index in [0.717, 1.165) is 42.5 Å². The Hall–Kier alpha value is -1.23. The van der Waals surface area contributed by atoms with Gasteiger partial charge in [0.05, 0.1) is 0 Å².